The predicted octanol–water partition coefficient (Wildman–Crippen LogP) is 5.04. The van der Waals surface area contributed by atoms with Crippen molar-refractivity contribution in [1.82, 2.24) is 0 Å². The molecule has 0 aromatic rings. The van der Waals surface area contributed by atoms with Crippen LogP contribution < -0.4 is 0 Å². The summed E-state index contributed by atoms with van der Waals surface area (Å²) in [5, 5.41) is 0.243. The van der Waals surface area contributed by atoms with E-state index in [9.17, 15) is 4.79 Å². The Balaban J connectivity index is 2.16. The van der Waals surface area contributed by atoms with Crippen molar-refractivity contribution < 1.29 is 9.22 Å². The summed E-state index contributed by atoms with van der Waals surface area (Å²) in [5.74, 6) is 2.41. The second-order valence-corrected chi connectivity index (χ2v) is 13.8. The summed E-state index contributed by atoms with van der Waals surface area (Å²) in [4.78, 5) is 12.5. The molecule has 2 nitrogen and oxygen atoms in total. The van der Waals surface area contributed by atoms with Gasteiger partial charge in [0.25, 0.3) is 0 Å². The van der Waals surface area contributed by atoms with Gasteiger partial charge in [0.05, 0.1) is 0 Å². The molecule has 5 atom stereocenters. The van der Waals surface area contributed by atoms with Gasteiger partial charge in [-0.25, -0.2) is 0 Å². The lowest BCUT2D eigenvalue weighted by molar-refractivity contribution is -0.125. The van der Waals surface area contributed by atoms with Crippen LogP contribution in [-0.2, 0) is 9.22 Å². The maximum atomic E-state index is 12.5. The number of rotatable bonds is 2. The topological polar surface area (TPSA) is 26.3 Å². The van der Waals surface area contributed by atoms with Crippen molar-refractivity contribution >= 4 is 14.1 Å². The molecule has 2 rings (SSSR count). The molecule has 0 bridgehead atoms. The molecule has 0 amide bonds. The van der Waals surface area contributed by atoms with E-state index in [-0.39, 0.29) is 11.0 Å². The van der Waals surface area contributed by atoms with E-state index < -0.39 is 8.32 Å². The highest BCUT2D eigenvalue weighted by atomic mass is 28.4. The number of ketones is 1. The number of carbonyl (C=O) groups is 1. The van der Waals surface area contributed by atoms with Crippen LogP contribution in [0.1, 0.15) is 60.3 Å². The van der Waals surface area contributed by atoms with Gasteiger partial charge in [-0.1, -0.05) is 34.6 Å². The summed E-state index contributed by atoms with van der Waals surface area (Å²) in [7, 11) is -1.74. The smallest absolute Gasteiger partial charge is 0.192 e. The maximum Gasteiger partial charge on any atom is 0.192 e. The predicted molar refractivity (Wildman–Crippen MR) is 90.9 cm³/mol. The Labute approximate surface area is 132 Å². The lowest BCUT2D eigenvalue weighted by Crippen LogP contribution is -2.45. The second-order valence-electron chi connectivity index (χ2n) is 9.04. The molecule has 0 saturated heterocycles. The van der Waals surface area contributed by atoms with Crippen molar-refractivity contribution in [2.45, 2.75) is 84.5 Å². The van der Waals surface area contributed by atoms with Gasteiger partial charge in [-0.2, -0.15) is 0 Å². The minimum atomic E-state index is -1.74. The third kappa shape index (κ3) is 3.29. The van der Waals surface area contributed by atoms with Gasteiger partial charge in [0, 0.05) is 18.4 Å². The highest BCUT2D eigenvalue weighted by Crippen LogP contribution is 2.49. The monoisotopic (exact) mass is 310 g/mol. The highest BCUT2D eigenvalue weighted by molar-refractivity contribution is 6.74. The van der Waals surface area contributed by atoms with Crippen molar-refractivity contribution in [1.29, 1.82) is 0 Å². The van der Waals surface area contributed by atoms with Crippen LogP contribution in [0.3, 0.4) is 0 Å². The van der Waals surface area contributed by atoms with E-state index in [1.807, 2.05) is 0 Å². The van der Waals surface area contributed by atoms with Gasteiger partial charge in [0.1, 0.15) is 5.78 Å². The zero-order valence-corrected chi connectivity index (χ0v) is 16.0. The summed E-state index contributed by atoms with van der Waals surface area (Å²) in [6.07, 6.45) is 4.50. The summed E-state index contributed by atoms with van der Waals surface area (Å²) < 4.78 is 6.69. The SMILES string of the molecule is C[C@@H]1[C@H]2C(=O)CCC[C@H](C)[C@@H]2C[C@H]1O[Si](C)(C)C(C)(C)C. The van der Waals surface area contributed by atoms with Gasteiger partial charge in [-0.3, -0.25) is 4.79 Å². The Morgan fingerprint density at radius 2 is 1.81 bits per heavy atom. The van der Waals surface area contributed by atoms with Crippen LogP contribution in [0.2, 0.25) is 18.1 Å². The van der Waals surface area contributed by atoms with Gasteiger partial charge >= 0.3 is 0 Å². The minimum absolute atomic E-state index is 0.243. The van der Waals surface area contributed by atoms with Crippen molar-refractivity contribution in [3.63, 3.8) is 0 Å². The number of fused-ring (bicyclic) bond motifs is 1. The lowest BCUT2D eigenvalue weighted by atomic mass is 9.81. The van der Waals surface area contributed by atoms with E-state index in [0.29, 0.717) is 29.6 Å². The van der Waals surface area contributed by atoms with E-state index in [2.05, 4.69) is 47.7 Å². The first-order valence-electron chi connectivity index (χ1n) is 8.75. The van der Waals surface area contributed by atoms with E-state index in [0.717, 1.165) is 19.3 Å². The number of Topliss-reactive ketones (excluding diaryl/α,β-unsaturated/α-hetero) is 1. The molecule has 3 heteroatoms. The lowest BCUT2D eigenvalue weighted by Gasteiger charge is -2.39. The average molecular weight is 311 g/mol. The molecule has 21 heavy (non-hydrogen) atoms. The molecule has 0 spiro atoms. The summed E-state index contributed by atoms with van der Waals surface area (Å²) in [5.41, 5.74) is 0. The molecule has 2 saturated carbocycles. The molecule has 122 valence electrons. The molecule has 0 N–H and O–H groups in total. The Bertz CT molecular complexity index is 397. The van der Waals surface area contributed by atoms with Gasteiger partial charge < -0.3 is 4.43 Å². The summed E-state index contributed by atoms with van der Waals surface area (Å²) >= 11 is 0. The van der Waals surface area contributed by atoms with Crippen LogP contribution in [0.5, 0.6) is 0 Å². The van der Waals surface area contributed by atoms with Crippen LogP contribution in [0.25, 0.3) is 0 Å². The fraction of sp³-hybridized carbons (Fsp3) is 0.944. The molecule has 2 aliphatic rings. The first-order chi connectivity index (χ1) is 9.54. The first-order valence-corrected chi connectivity index (χ1v) is 11.7. The quantitative estimate of drug-likeness (QED) is 0.668. The Morgan fingerprint density at radius 1 is 1.19 bits per heavy atom. The van der Waals surface area contributed by atoms with Crippen molar-refractivity contribution in [2.24, 2.45) is 23.7 Å². The van der Waals surface area contributed by atoms with Gasteiger partial charge in [0.2, 0.25) is 0 Å². The minimum Gasteiger partial charge on any atom is -0.414 e. The molecule has 0 aromatic carbocycles. The molecule has 0 unspecified atom stereocenters. The fourth-order valence-corrected chi connectivity index (χ4v) is 5.48. The van der Waals surface area contributed by atoms with E-state index >= 15 is 0 Å². The number of hydrogen-bond donors (Lipinski definition) is 0. The van der Waals surface area contributed by atoms with Crippen LogP contribution >= 0.6 is 0 Å². The molecular formula is C18H34O2Si. The summed E-state index contributed by atoms with van der Waals surface area (Å²) in [6.45, 7) is 16.2. The van der Waals surface area contributed by atoms with Gasteiger partial charge in [-0.05, 0) is 55.1 Å². The van der Waals surface area contributed by atoms with Crippen molar-refractivity contribution in [3.05, 3.63) is 0 Å². The van der Waals surface area contributed by atoms with E-state index in [1.165, 1.54) is 6.42 Å². The number of carbonyl (C=O) groups excluding carboxylic acids is 1. The Morgan fingerprint density at radius 3 is 2.38 bits per heavy atom. The number of hydrogen-bond acceptors (Lipinski definition) is 2. The Kier molecular flexibility index (Phi) is 4.76. The molecule has 0 radical (unpaired) electrons. The third-order valence-corrected chi connectivity index (χ3v) is 11.1. The van der Waals surface area contributed by atoms with Gasteiger partial charge in [0.15, 0.2) is 8.32 Å². The van der Waals surface area contributed by atoms with Crippen molar-refractivity contribution in [3.8, 4) is 0 Å². The fourth-order valence-electron chi connectivity index (χ4n) is 4.06. The van der Waals surface area contributed by atoms with Crippen LogP contribution in [0, 0.1) is 23.7 Å². The maximum absolute atomic E-state index is 12.5. The van der Waals surface area contributed by atoms with Gasteiger partial charge in [-0.15, -0.1) is 0 Å². The highest BCUT2D eigenvalue weighted by Gasteiger charge is 2.50. The normalized spacial score (nSPS) is 38.2. The standard InChI is InChI=1S/C18H34O2Si/c1-12-9-8-10-15(19)17-13(2)16(11-14(12)17)20-21(6,7)18(3,4)5/h12-14,16-17H,8-11H2,1-7H3/t12-,13-,14-,16+,17+/m0/s1. The van der Waals surface area contributed by atoms with Crippen molar-refractivity contribution in [2.75, 3.05) is 0 Å². The van der Waals surface area contributed by atoms with Crippen LogP contribution in [0.4, 0.5) is 0 Å². The molecule has 2 fully saturated rings. The van der Waals surface area contributed by atoms with E-state index in [1.54, 1.807) is 0 Å². The average Bonchev–Trinajstić information content (AvgIpc) is 2.57. The van der Waals surface area contributed by atoms with Crippen LogP contribution in [0.15, 0.2) is 0 Å². The largest absolute Gasteiger partial charge is 0.414 e. The second kappa shape index (κ2) is 5.81. The zero-order valence-electron chi connectivity index (χ0n) is 15.0. The first kappa shape index (κ1) is 17.2. The zero-order chi connectivity index (χ0) is 16.0. The third-order valence-electron chi connectivity index (χ3n) is 6.56. The molecule has 0 aliphatic heterocycles. The molecule has 2 aliphatic carbocycles. The van der Waals surface area contributed by atoms with Crippen LogP contribution in [-0.4, -0.2) is 20.2 Å². The summed E-state index contributed by atoms with van der Waals surface area (Å²) in [6, 6.07) is 0. The molecular weight excluding hydrogens is 276 g/mol. The molecule has 0 heterocycles. The Hall–Kier alpha value is -0.153. The van der Waals surface area contributed by atoms with E-state index in [4.69, 9.17) is 4.43 Å². The molecule has 0 aromatic heterocycles.